The van der Waals surface area contributed by atoms with Gasteiger partial charge in [0.2, 0.25) is 5.43 Å². The fourth-order valence-electron chi connectivity index (χ4n) is 3.75. The van der Waals surface area contributed by atoms with Crippen LogP contribution in [0.4, 0.5) is 10.2 Å². The summed E-state index contributed by atoms with van der Waals surface area (Å²) in [5, 5.41) is 3.77. The summed E-state index contributed by atoms with van der Waals surface area (Å²) in [5.41, 5.74) is 2.13. The van der Waals surface area contributed by atoms with Gasteiger partial charge in [0.05, 0.1) is 17.0 Å². The van der Waals surface area contributed by atoms with E-state index in [1.54, 1.807) is 36.4 Å². The van der Waals surface area contributed by atoms with Gasteiger partial charge in [0.1, 0.15) is 23.5 Å². The van der Waals surface area contributed by atoms with E-state index in [1.807, 2.05) is 6.92 Å². The number of benzene rings is 2. The van der Waals surface area contributed by atoms with Gasteiger partial charge in [-0.15, -0.1) is 0 Å². The summed E-state index contributed by atoms with van der Waals surface area (Å²) in [7, 11) is 0. The standard InChI is InChI=1S/C23H17BrFN5O2/c1-2-15(28-21-18-22(27-11-26-21)30-23(24)29-18)20-17(12-6-5-7-13(25)10-12)19(31)14-8-3-4-9-16(14)32-20/h3-11,15H,2H2,1H3,(H2,26,27,28,29,30)/t15-/m0/s1. The molecule has 2 N–H and O–H groups in total. The lowest BCUT2D eigenvalue weighted by atomic mass is 9.97. The molecule has 0 saturated carbocycles. The average Bonchev–Trinajstić information content (AvgIpc) is 3.18. The zero-order valence-corrected chi connectivity index (χ0v) is 18.5. The molecule has 5 aromatic rings. The Balaban J connectivity index is 1.72. The number of para-hydroxylation sites is 1. The summed E-state index contributed by atoms with van der Waals surface area (Å²) < 4.78 is 20.8. The van der Waals surface area contributed by atoms with Crippen molar-refractivity contribution in [3.63, 3.8) is 0 Å². The van der Waals surface area contributed by atoms with Crippen molar-refractivity contribution < 1.29 is 8.81 Å². The molecule has 0 saturated heterocycles. The van der Waals surface area contributed by atoms with Crippen molar-refractivity contribution in [1.29, 1.82) is 0 Å². The molecule has 32 heavy (non-hydrogen) atoms. The highest BCUT2D eigenvalue weighted by Crippen LogP contribution is 2.33. The summed E-state index contributed by atoms with van der Waals surface area (Å²) in [6.07, 6.45) is 1.99. The zero-order valence-electron chi connectivity index (χ0n) is 16.9. The molecule has 0 aliphatic heterocycles. The van der Waals surface area contributed by atoms with E-state index in [0.717, 1.165) is 0 Å². The van der Waals surface area contributed by atoms with E-state index >= 15 is 0 Å². The molecule has 7 nitrogen and oxygen atoms in total. The van der Waals surface area contributed by atoms with Crippen LogP contribution in [0.25, 0.3) is 33.3 Å². The highest BCUT2D eigenvalue weighted by Gasteiger charge is 2.24. The maximum atomic E-state index is 14.1. The summed E-state index contributed by atoms with van der Waals surface area (Å²) >= 11 is 3.32. The van der Waals surface area contributed by atoms with Crippen LogP contribution >= 0.6 is 15.9 Å². The first kappa shape index (κ1) is 20.3. The third kappa shape index (κ3) is 3.54. The lowest BCUT2D eigenvalue weighted by Gasteiger charge is -2.20. The van der Waals surface area contributed by atoms with E-state index in [2.05, 4.69) is 41.2 Å². The van der Waals surface area contributed by atoms with Crippen LogP contribution in [-0.4, -0.2) is 19.9 Å². The number of halogens is 2. The molecule has 0 radical (unpaired) electrons. The van der Waals surface area contributed by atoms with E-state index in [1.165, 1.54) is 18.5 Å². The maximum Gasteiger partial charge on any atom is 0.200 e. The first-order valence-corrected chi connectivity index (χ1v) is 10.8. The first-order valence-electron chi connectivity index (χ1n) is 9.99. The SMILES string of the molecule is CC[C@H](Nc1ncnc2[nH]c(Br)nc12)c1oc2ccccc2c(=O)c1-c1cccc(F)c1. The number of rotatable bonds is 5. The number of nitrogens with one attached hydrogen (secondary N) is 2. The summed E-state index contributed by atoms with van der Waals surface area (Å²) in [6.45, 7) is 1.96. The highest BCUT2D eigenvalue weighted by molar-refractivity contribution is 9.10. The number of aromatic nitrogens is 4. The second-order valence-corrected chi connectivity index (χ2v) is 7.98. The van der Waals surface area contributed by atoms with Crippen LogP contribution in [0.15, 0.2) is 68.8 Å². The Morgan fingerprint density at radius 3 is 2.84 bits per heavy atom. The van der Waals surface area contributed by atoms with Crippen LogP contribution in [0.1, 0.15) is 25.1 Å². The van der Waals surface area contributed by atoms with Gasteiger partial charge in [-0.25, -0.2) is 19.3 Å². The number of imidazole rings is 1. The monoisotopic (exact) mass is 493 g/mol. The number of anilines is 1. The number of H-pyrrole nitrogens is 1. The molecule has 160 valence electrons. The molecule has 0 spiro atoms. The Kier molecular flexibility index (Phi) is 5.18. The number of hydrogen-bond donors (Lipinski definition) is 2. The van der Waals surface area contributed by atoms with Gasteiger partial charge in [0.15, 0.2) is 21.7 Å². The van der Waals surface area contributed by atoms with Gasteiger partial charge in [-0.2, -0.15) is 0 Å². The molecule has 0 amide bonds. The summed E-state index contributed by atoms with van der Waals surface area (Å²) in [6, 6.07) is 12.6. The van der Waals surface area contributed by atoms with Crippen molar-refractivity contribution in [2.75, 3.05) is 5.32 Å². The predicted octanol–water partition coefficient (Wildman–Crippen LogP) is 5.59. The van der Waals surface area contributed by atoms with Crippen LogP contribution in [0.3, 0.4) is 0 Å². The topological polar surface area (TPSA) is 96.7 Å². The van der Waals surface area contributed by atoms with Crippen molar-refractivity contribution in [2.45, 2.75) is 19.4 Å². The molecular formula is C23H17BrFN5O2. The van der Waals surface area contributed by atoms with Crippen molar-refractivity contribution in [2.24, 2.45) is 0 Å². The van der Waals surface area contributed by atoms with Gasteiger partial charge >= 0.3 is 0 Å². The molecule has 3 heterocycles. The molecule has 0 bridgehead atoms. The van der Waals surface area contributed by atoms with Gasteiger partial charge in [0.25, 0.3) is 0 Å². The molecule has 5 rings (SSSR count). The van der Waals surface area contributed by atoms with Crippen LogP contribution in [-0.2, 0) is 0 Å². The van der Waals surface area contributed by atoms with E-state index in [0.29, 0.717) is 56.0 Å². The Morgan fingerprint density at radius 1 is 1.19 bits per heavy atom. The molecular weight excluding hydrogens is 477 g/mol. The minimum absolute atomic E-state index is 0.219. The van der Waals surface area contributed by atoms with Gasteiger partial charge in [-0.05, 0) is 52.2 Å². The Morgan fingerprint density at radius 2 is 2.03 bits per heavy atom. The Labute approximate surface area is 189 Å². The Hall–Kier alpha value is -3.59. The van der Waals surface area contributed by atoms with Crippen molar-refractivity contribution in [3.05, 3.63) is 81.4 Å². The first-order chi connectivity index (χ1) is 15.5. The fraction of sp³-hybridized carbons (Fsp3) is 0.130. The minimum atomic E-state index is -0.431. The van der Waals surface area contributed by atoms with Crippen LogP contribution in [0, 0.1) is 5.82 Å². The molecule has 3 aromatic heterocycles. The van der Waals surface area contributed by atoms with Gasteiger partial charge < -0.3 is 14.7 Å². The number of hydrogen-bond acceptors (Lipinski definition) is 6. The molecule has 0 aliphatic rings. The number of fused-ring (bicyclic) bond motifs is 2. The number of nitrogens with zero attached hydrogens (tertiary/aromatic N) is 3. The fourth-order valence-corrected chi connectivity index (χ4v) is 4.11. The smallest absolute Gasteiger partial charge is 0.200 e. The predicted molar refractivity (Wildman–Crippen MR) is 124 cm³/mol. The van der Waals surface area contributed by atoms with Crippen LogP contribution in [0.5, 0.6) is 0 Å². The zero-order chi connectivity index (χ0) is 22.2. The van der Waals surface area contributed by atoms with Crippen molar-refractivity contribution in [3.8, 4) is 11.1 Å². The highest BCUT2D eigenvalue weighted by atomic mass is 79.9. The van der Waals surface area contributed by atoms with Crippen LogP contribution < -0.4 is 10.7 Å². The summed E-state index contributed by atoms with van der Waals surface area (Å²) in [5.74, 6) is 0.467. The van der Waals surface area contributed by atoms with Gasteiger partial charge in [0, 0.05) is 0 Å². The quantitative estimate of drug-likeness (QED) is 0.309. The molecule has 2 aromatic carbocycles. The minimum Gasteiger partial charge on any atom is -0.458 e. The third-order valence-electron chi connectivity index (χ3n) is 5.23. The maximum absolute atomic E-state index is 14.1. The summed E-state index contributed by atoms with van der Waals surface area (Å²) in [4.78, 5) is 29.4. The second-order valence-electron chi connectivity index (χ2n) is 7.23. The third-order valence-corrected chi connectivity index (χ3v) is 5.60. The second kappa shape index (κ2) is 8.16. The normalized spacial score (nSPS) is 12.3. The molecule has 1 atom stereocenters. The van der Waals surface area contributed by atoms with Crippen molar-refractivity contribution in [1.82, 2.24) is 19.9 Å². The molecule has 0 unspecified atom stereocenters. The van der Waals surface area contributed by atoms with E-state index < -0.39 is 11.9 Å². The Bertz CT molecular complexity index is 1510. The number of aromatic amines is 1. The van der Waals surface area contributed by atoms with E-state index in [9.17, 15) is 9.18 Å². The van der Waals surface area contributed by atoms with E-state index in [4.69, 9.17) is 4.42 Å². The van der Waals surface area contributed by atoms with Gasteiger partial charge in [-0.1, -0.05) is 31.2 Å². The van der Waals surface area contributed by atoms with Gasteiger partial charge in [-0.3, -0.25) is 4.79 Å². The largest absolute Gasteiger partial charge is 0.458 e. The van der Waals surface area contributed by atoms with Crippen molar-refractivity contribution >= 4 is 43.9 Å². The molecule has 9 heteroatoms. The average molecular weight is 494 g/mol. The van der Waals surface area contributed by atoms with E-state index in [-0.39, 0.29) is 5.43 Å². The lowest BCUT2D eigenvalue weighted by Crippen LogP contribution is -2.17. The molecule has 0 aliphatic carbocycles. The lowest BCUT2D eigenvalue weighted by molar-refractivity contribution is 0.495. The van der Waals surface area contributed by atoms with Crippen LogP contribution in [0.2, 0.25) is 0 Å². The molecule has 0 fully saturated rings.